The zero-order valence-electron chi connectivity index (χ0n) is 16.5. The number of hydrogen-bond acceptors (Lipinski definition) is 3. The highest BCUT2D eigenvalue weighted by Crippen LogP contribution is 2.26. The van der Waals surface area contributed by atoms with Gasteiger partial charge >= 0.3 is 0 Å². The topological polar surface area (TPSA) is 51.0 Å². The molecule has 1 aliphatic heterocycles. The Hall–Kier alpha value is -2.69. The van der Waals surface area contributed by atoms with E-state index in [1.165, 1.54) is 22.3 Å². The van der Waals surface area contributed by atoms with Crippen LogP contribution < -0.4 is 0 Å². The Morgan fingerprint density at radius 3 is 2.63 bits per heavy atom. The van der Waals surface area contributed by atoms with Gasteiger partial charge in [-0.3, -0.25) is 9.48 Å². The summed E-state index contributed by atoms with van der Waals surface area (Å²) in [5.74, 6) is 0.228. The van der Waals surface area contributed by atoms with Crippen molar-refractivity contribution >= 4 is 16.9 Å². The van der Waals surface area contributed by atoms with Crippen LogP contribution >= 0.6 is 0 Å². The number of aryl methyl sites for hydroxylation is 4. The maximum Gasteiger partial charge on any atom is 0.223 e. The van der Waals surface area contributed by atoms with Crippen molar-refractivity contribution in [1.29, 1.82) is 0 Å². The Kier molecular flexibility index (Phi) is 4.46. The fourth-order valence-electron chi connectivity index (χ4n) is 4.33. The zero-order chi connectivity index (χ0) is 19.1. The van der Waals surface area contributed by atoms with Gasteiger partial charge in [0.25, 0.3) is 0 Å². The molecule has 4 rings (SSSR count). The van der Waals surface area contributed by atoms with Gasteiger partial charge in [0.1, 0.15) is 0 Å². The lowest BCUT2D eigenvalue weighted by atomic mass is 9.97. The van der Waals surface area contributed by atoms with Gasteiger partial charge in [-0.1, -0.05) is 24.3 Å². The molecule has 0 fully saturated rings. The predicted molar refractivity (Wildman–Crippen MR) is 107 cm³/mol. The number of fused-ring (bicyclic) bond motifs is 2. The molecule has 0 atom stereocenters. The number of pyridine rings is 1. The van der Waals surface area contributed by atoms with E-state index < -0.39 is 0 Å². The van der Waals surface area contributed by atoms with Crippen molar-refractivity contribution in [1.82, 2.24) is 19.7 Å². The molecule has 140 valence electrons. The largest absolute Gasteiger partial charge is 0.338 e. The average Bonchev–Trinajstić information content (AvgIpc) is 2.94. The second-order valence-electron chi connectivity index (χ2n) is 7.54. The van der Waals surface area contributed by atoms with Gasteiger partial charge in [-0.25, -0.2) is 4.98 Å². The number of amides is 1. The van der Waals surface area contributed by atoms with Crippen LogP contribution in [0.2, 0.25) is 0 Å². The maximum atomic E-state index is 12.8. The molecule has 0 radical (unpaired) electrons. The van der Waals surface area contributed by atoms with Gasteiger partial charge in [0.05, 0.1) is 5.69 Å². The Morgan fingerprint density at radius 2 is 1.85 bits per heavy atom. The minimum atomic E-state index is 0.228. The molecule has 2 aromatic heterocycles. The molecule has 3 aromatic rings. The van der Waals surface area contributed by atoms with E-state index in [1.807, 2.05) is 30.5 Å². The fourth-order valence-corrected chi connectivity index (χ4v) is 4.33. The minimum absolute atomic E-state index is 0.228. The molecule has 1 aromatic carbocycles. The Morgan fingerprint density at radius 1 is 1.11 bits per heavy atom. The van der Waals surface area contributed by atoms with Gasteiger partial charge in [0.2, 0.25) is 5.91 Å². The van der Waals surface area contributed by atoms with Crippen LogP contribution in [0.15, 0.2) is 24.3 Å². The number of rotatable bonds is 3. The first-order valence-corrected chi connectivity index (χ1v) is 9.59. The van der Waals surface area contributed by atoms with Crippen LogP contribution in [0.5, 0.6) is 0 Å². The number of hydrogen-bond donors (Lipinski definition) is 0. The normalized spacial score (nSPS) is 13.9. The van der Waals surface area contributed by atoms with Crippen molar-refractivity contribution in [3.63, 3.8) is 0 Å². The Labute approximate surface area is 160 Å². The summed E-state index contributed by atoms with van der Waals surface area (Å²) in [6.45, 7) is 7.72. The van der Waals surface area contributed by atoms with E-state index in [4.69, 9.17) is 4.98 Å². The number of carbonyl (C=O) groups is 1. The lowest BCUT2D eigenvalue weighted by Gasteiger charge is -2.29. The Bertz CT molecular complexity index is 1030. The number of aromatic nitrogens is 3. The first kappa shape index (κ1) is 17.7. The Balaban J connectivity index is 1.52. The summed E-state index contributed by atoms with van der Waals surface area (Å²) in [7, 11) is 1.93. The molecule has 0 saturated heterocycles. The van der Waals surface area contributed by atoms with Gasteiger partial charge < -0.3 is 4.90 Å². The van der Waals surface area contributed by atoms with Crippen LogP contribution in [0.3, 0.4) is 0 Å². The molecule has 1 aliphatic rings. The zero-order valence-corrected chi connectivity index (χ0v) is 16.5. The van der Waals surface area contributed by atoms with Crippen molar-refractivity contribution in [3.05, 3.63) is 57.9 Å². The summed E-state index contributed by atoms with van der Waals surface area (Å²) in [6.07, 6.45) is 2.20. The molecule has 5 heteroatoms. The van der Waals surface area contributed by atoms with Crippen LogP contribution in [0.4, 0.5) is 0 Å². The highest BCUT2D eigenvalue weighted by atomic mass is 16.2. The van der Waals surface area contributed by atoms with Crippen LogP contribution in [0, 0.1) is 20.8 Å². The maximum absolute atomic E-state index is 12.8. The molecule has 5 nitrogen and oxygen atoms in total. The van der Waals surface area contributed by atoms with Gasteiger partial charge in [-0.15, -0.1) is 0 Å². The third-order valence-electron chi connectivity index (χ3n) is 5.80. The average molecular weight is 362 g/mol. The lowest BCUT2D eigenvalue weighted by Crippen LogP contribution is -2.36. The third-order valence-corrected chi connectivity index (χ3v) is 5.80. The van der Waals surface area contributed by atoms with Crippen molar-refractivity contribution in [3.8, 4) is 0 Å². The summed E-state index contributed by atoms with van der Waals surface area (Å²) in [5.41, 5.74) is 7.96. The monoisotopic (exact) mass is 362 g/mol. The summed E-state index contributed by atoms with van der Waals surface area (Å²) in [6, 6.07) is 8.43. The van der Waals surface area contributed by atoms with E-state index in [9.17, 15) is 4.79 Å². The molecular weight excluding hydrogens is 336 g/mol. The molecule has 0 unspecified atom stereocenters. The second-order valence-corrected chi connectivity index (χ2v) is 7.54. The minimum Gasteiger partial charge on any atom is -0.338 e. The molecule has 0 bridgehead atoms. The SMILES string of the molecule is Cc1nc2c(c(C)nn2C)c(C)c1CCC(=O)N1CCc2ccccc2C1. The number of carbonyl (C=O) groups excluding carboxylic acids is 1. The smallest absolute Gasteiger partial charge is 0.223 e. The summed E-state index contributed by atoms with van der Waals surface area (Å²) < 4.78 is 1.84. The first-order valence-electron chi connectivity index (χ1n) is 9.59. The molecule has 1 amide bonds. The molecule has 0 N–H and O–H groups in total. The first-order chi connectivity index (χ1) is 13.0. The molecule has 0 aliphatic carbocycles. The van der Waals surface area contributed by atoms with Crippen molar-refractivity contribution in [2.24, 2.45) is 7.05 Å². The standard InChI is InChI=1S/C22H26N4O/c1-14-19(15(2)23-22-21(14)16(3)24-25(22)4)9-10-20(27)26-12-11-17-7-5-6-8-18(17)13-26/h5-8H,9-13H2,1-4H3. The van der Waals surface area contributed by atoms with Gasteiger partial charge in [-0.2, -0.15) is 5.10 Å². The van der Waals surface area contributed by atoms with E-state index >= 15 is 0 Å². The van der Waals surface area contributed by atoms with Crippen LogP contribution in [-0.2, 0) is 31.2 Å². The van der Waals surface area contributed by atoms with Gasteiger partial charge in [-0.05, 0) is 55.9 Å². The molecular formula is C22H26N4O. The number of nitrogens with zero attached hydrogens (tertiary/aromatic N) is 4. The second kappa shape index (κ2) is 6.80. The van der Waals surface area contributed by atoms with Gasteiger partial charge in [0.15, 0.2) is 5.65 Å². The van der Waals surface area contributed by atoms with Crippen LogP contribution in [0.1, 0.15) is 40.1 Å². The lowest BCUT2D eigenvalue weighted by molar-refractivity contribution is -0.132. The molecule has 3 heterocycles. The highest BCUT2D eigenvalue weighted by Gasteiger charge is 2.21. The van der Waals surface area contributed by atoms with E-state index in [0.717, 1.165) is 48.4 Å². The van der Waals surface area contributed by atoms with Crippen LogP contribution in [-0.4, -0.2) is 32.1 Å². The van der Waals surface area contributed by atoms with E-state index in [2.05, 4.69) is 36.3 Å². The third kappa shape index (κ3) is 3.11. The van der Waals surface area contributed by atoms with E-state index in [0.29, 0.717) is 6.42 Å². The van der Waals surface area contributed by atoms with E-state index in [-0.39, 0.29) is 5.91 Å². The quantitative estimate of drug-likeness (QED) is 0.717. The van der Waals surface area contributed by atoms with Crippen molar-refractivity contribution in [2.45, 2.75) is 46.6 Å². The van der Waals surface area contributed by atoms with Gasteiger partial charge in [0, 0.05) is 37.6 Å². The summed E-state index contributed by atoms with van der Waals surface area (Å²) in [4.78, 5) is 19.6. The van der Waals surface area contributed by atoms with Crippen molar-refractivity contribution < 1.29 is 4.79 Å². The van der Waals surface area contributed by atoms with Crippen molar-refractivity contribution in [2.75, 3.05) is 6.54 Å². The molecule has 0 saturated carbocycles. The molecule has 0 spiro atoms. The molecule has 27 heavy (non-hydrogen) atoms. The summed E-state index contributed by atoms with van der Waals surface area (Å²) in [5, 5.41) is 5.62. The van der Waals surface area contributed by atoms with E-state index in [1.54, 1.807) is 0 Å². The highest BCUT2D eigenvalue weighted by molar-refractivity contribution is 5.84. The van der Waals surface area contributed by atoms with Crippen LogP contribution in [0.25, 0.3) is 11.0 Å². The predicted octanol–water partition coefficient (Wildman–Crippen LogP) is 3.41. The summed E-state index contributed by atoms with van der Waals surface area (Å²) >= 11 is 0. The fraction of sp³-hybridized carbons (Fsp3) is 0.409. The number of benzene rings is 1.